The number of hydrogen-bond acceptors (Lipinski definition) is 5. The van der Waals surface area contributed by atoms with Gasteiger partial charge in [0.1, 0.15) is 0 Å². The Balaban J connectivity index is 2.17. The number of sulfonamides is 1. The Morgan fingerprint density at radius 1 is 1.40 bits per heavy atom. The van der Waals surface area contributed by atoms with Crippen LogP contribution in [-0.4, -0.2) is 24.8 Å². The molecule has 0 spiro atoms. The van der Waals surface area contributed by atoms with Crippen molar-refractivity contribution in [2.24, 2.45) is 0 Å². The molecule has 2 rings (SSSR count). The summed E-state index contributed by atoms with van der Waals surface area (Å²) in [5, 5.41) is 10.8. The number of rotatable bonds is 5. The van der Waals surface area contributed by atoms with Crippen LogP contribution in [0.4, 0.5) is 0 Å². The highest BCUT2D eigenvalue weighted by atomic mass is 32.2. The van der Waals surface area contributed by atoms with Gasteiger partial charge in [0, 0.05) is 12.4 Å². The van der Waals surface area contributed by atoms with E-state index in [-0.39, 0.29) is 12.3 Å². The molecular formula is C13H13N3O2S2. The number of hydrogen-bond donors (Lipinski definition) is 0. The zero-order valence-corrected chi connectivity index (χ0v) is 12.5. The normalized spacial score (nSPS) is 11.4. The molecule has 7 heteroatoms. The SMILES string of the molecule is CN(Cc1cscn1)S(=O)(=O)Cc1ccccc1C#N. The number of thiazole rings is 1. The minimum absolute atomic E-state index is 0.183. The molecule has 0 bridgehead atoms. The topological polar surface area (TPSA) is 74.1 Å². The fourth-order valence-electron chi connectivity index (χ4n) is 1.70. The molecule has 1 heterocycles. The zero-order valence-electron chi connectivity index (χ0n) is 10.9. The van der Waals surface area contributed by atoms with Gasteiger partial charge in [0.25, 0.3) is 0 Å². The zero-order chi connectivity index (χ0) is 14.6. The van der Waals surface area contributed by atoms with Crippen LogP contribution in [-0.2, 0) is 22.3 Å². The molecule has 0 N–H and O–H groups in total. The lowest BCUT2D eigenvalue weighted by Crippen LogP contribution is -2.28. The Kier molecular flexibility index (Phi) is 4.49. The molecule has 0 aliphatic carbocycles. The van der Waals surface area contributed by atoms with Crippen molar-refractivity contribution in [3.8, 4) is 6.07 Å². The predicted molar refractivity (Wildman–Crippen MR) is 77.4 cm³/mol. The van der Waals surface area contributed by atoms with E-state index in [4.69, 9.17) is 5.26 Å². The van der Waals surface area contributed by atoms with Crippen molar-refractivity contribution in [2.45, 2.75) is 12.3 Å². The second-order valence-corrected chi connectivity index (χ2v) is 7.06. The summed E-state index contributed by atoms with van der Waals surface area (Å²) in [6, 6.07) is 8.73. The van der Waals surface area contributed by atoms with E-state index in [9.17, 15) is 8.42 Å². The van der Waals surface area contributed by atoms with Crippen LogP contribution in [0.5, 0.6) is 0 Å². The summed E-state index contributed by atoms with van der Waals surface area (Å²) in [5.41, 5.74) is 3.29. The maximum atomic E-state index is 12.3. The first-order valence-corrected chi connectivity index (χ1v) is 8.37. The highest BCUT2D eigenvalue weighted by Gasteiger charge is 2.20. The molecule has 0 saturated carbocycles. The van der Waals surface area contributed by atoms with E-state index >= 15 is 0 Å². The summed E-state index contributed by atoms with van der Waals surface area (Å²) < 4.78 is 25.8. The summed E-state index contributed by atoms with van der Waals surface area (Å²) >= 11 is 1.43. The standard InChI is InChI=1S/C13H13N3O2S2/c1-16(7-13-8-19-10-15-13)20(17,18)9-12-5-3-2-4-11(12)6-14/h2-5,8,10H,7,9H2,1H3. The second kappa shape index (κ2) is 6.13. The van der Waals surface area contributed by atoms with E-state index in [1.54, 1.807) is 29.8 Å². The minimum Gasteiger partial charge on any atom is -0.248 e. The maximum Gasteiger partial charge on any atom is 0.218 e. The third kappa shape index (κ3) is 3.42. The highest BCUT2D eigenvalue weighted by Crippen LogP contribution is 2.15. The molecule has 0 aliphatic rings. The Labute approximate surface area is 122 Å². The summed E-state index contributed by atoms with van der Waals surface area (Å²) in [6.45, 7) is 0.237. The van der Waals surface area contributed by atoms with E-state index in [1.807, 2.05) is 11.4 Å². The van der Waals surface area contributed by atoms with E-state index in [1.165, 1.54) is 22.7 Å². The number of benzene rings is 1. The van der Waals surface area contributed by atoms with E-state index in [0.717, 1.165) is 5.69 Å². The van der Waals surface area contributed by atoms with Crippen LogP contribution in [0.25, 0.3) is 0 Å². The van der Waals surface area contributed by atoms with Crippen molar-refractivity contribution in [1.82, 2.24) is 9.29 Å². The lowest BCUT2D eigenvalue weighted by Gasteiger charge is -2.16. The Hall–Kier alpha value is -1.75. The van der Waals surface area contributed by atoms with Gasteiger partial charge in [-0.3, -0.25) is 0 Å². The van der Waals surface area contributed by atoms with Gasteiger partial charge in [-0.25, -0.2) is 13.4 Å². The Bertz CT molecular complexity index is 718. The lowest BCUT2D eigenvalue weighted by atomic mass is 10.1. The van der Waals surface area contributed by atoms with Crippen molar-refractivity contribution < 1.29 is 8.42 Å². The molecular weight excluding hydrogens is 294 g/mol. The van der Waals surface area contributed by atoms with Gasteiger partial charge < -0.3 is 0 Å². The van der Waals surface area contributed by atoms with Crippen molar-refractivity contribution in [2.75, 3.05) is 7.05 Å². The van der Waals surface area contributed by atoms with E-state index in [2.05, 4.69) is 4.98 Å². The summed E-state index contributed by atoms with van der Waals surface area (Å²) in [4.78, 5) is 4.07. The molecule has 20 heavy (non-hydrogen) atoms. The van der Waals surface area contributed by atoms with Crippen LogP contribution < -0.4 is 0 Å². The monoisotopic (exact) mass is 307 g/mol. The van der Waals surface area contributed by atoms with Gasteiger partial charge in [-0.05, 0) is 11.6 Å². The quantitative estimate of drug-likeness (QED) is 0.846. The molecule has 0 fully saturated rings. The summed E-state index contributed by atoms with van der Waals surface area (Å²) in [5.74, 6) is -0.183. The Morgan fingerprint density at radius 3 is 2.80 bits per heavy atom. The molecule has 1 aromatic heterocycles. The molecule has 0 radical (unpaired) electrons. The molecule has 0 unspecified atom stereocenters. The first-order chi connectivity index (χ1) is 9.53. The first-order valence-electron chi connectivity index (χ1n) is 5.82. The lowest BCUT2D eigenvalue weighted by molar-refractivity contribution is 0.462. The third-order valence-electron chi connectivity index (χ3n) is 2.82. The van der Waals surface area contributed by atoms with Crippen LogP contribution in [0.3, 0.4) is 0 Å². The van der Waals surface area contributed by atoms with Crippen molar-refractivity contribution in [3.05, 3.63) is 52.0 Å². The van der Waals surface area contributed by atoms with Gasteiger partial charge in [-0.15, -0.1) is 11.3 Å². The maximum absolute atomic E-state index is 12.3. The van der Waals surface area contributed by atoms with Gasteiger partial charge in [-0.1, -0.05) is 18.2 Å². The van der Waals surface area contributed by atoms with Gasteiger partial charge in [-0.2, -0.15) is 9.57 Å². The highest BCUT2D eigenvalue weighted by molar-refractivity contribution is 7.88. The van der Waals surface area contributed by atoms with Crippen LogP contribution in [0.1, 0.15) is 16.8 Å². The number of aromatic nitrogens is 1. The minimum atomic E-state index is -3.48. The summed E-state index contributed by atoms with van der Waals surface area (Å²) in [7, 11) is -1.96. The van der Waals surface area contributed by atoms with Gasteiger partial charge >= 0.3 is 0 Å². The van der Waals surface area contributed by atoms with E-state index in [0.29, 0.717) is 11.1 Å². The fraction of sp³-hybridized carbons (Fsp3) is 0.231. The Morgan fingerprint density at radius 2 is 2.15 bits per heavy atom. The van der Waals surface area contributed by atoms with Gasteiger partial charge in [0.05, 0.1) is 35.1 Å². The second-order valence-electron chi connectivity index (χ2n) is 4.26. The average Bonchev–Trinajstić information content (AvgIpc) is 2.92. The molecule has 0 saturated heterocycles. The number of nitrogens with zero attached hydrogens (tertiary/aromatic N) is 3. The first kappa shape index (κ1) is 14.7. The summed E-state index contributed by atoms with van der Waals surface area (Å²) in [6.07, 6.45) is 0. The van der Waals surface area contributed by atoms with Crippen molar-refractivity contribution >= 4 is 21.4 Å². The van der Waals surface area contributed by atoms with Gasteiger partial charge in [0.15, 0.2) is 0 Å². The third-order valence-corrected chi connectivity index (χ3v) is 5.21. The molecule has 2 aromatic rings. The molecule has 104 valence electrons. The molecule has 5 nitrogen and oxygen atoms in total. The molecule has 0 amide bonds. The number of nitriles is 1. The molecule has 0 aliphatic heterocycles. The largest absolute Gasteiger partial charge is 0.248 e. The average molecular weight is 307 g/mol. The van der Waals surface area contributed by atoms with Crippen LogP contribution in [0.15, 0.2) is 35.2 Å². The van der Waals surface area contributed by atoms with E-state index < -0.39 is 10.0 Å². The molecule has 1 aromatic carbocycles. The van der Waals surface area contributed by atoms with Crippen LogP contribution in [0, 0.1) is 11.3 Å². The fourth-order valence-corrected chi connectivity index (χ4v) is 3.45. The van der Waals surface area contributed by atoms with Crippen LogP contribution >= 0.6 is 11.3 Å². The smallest absolute Gasteiger partial charge is 0.218 e. The predicted octanol–water partition coefficient (Wildman–Crippen LogP) is 1.98. The van der Waals surface area contributed by atoms with Crippen molar-refractivity contribution in [3.63, 3.8) is 0 Å². The van der Waals surface area contributed by atoms with Gasteiger partial charge in [0.2, 0.25) is 10.0 Å². The molecule has 0 atom stereocenters. The van der Waals surface area contributed by atoms with Crippen LogP contribution in [0.2, 0.25) is 0 Å². The van der Waals surface area contributed by atoms with Crippen molar-refractivity contribution in [1.29, 1.82) is 5.26 Å².